The molecule has 172 valence electrons. The molecule has 5 rings (SSSR count). The van der Waals surface area contributed by atoms with Crippen molar-refractivity contribution in [1.29, 1.82) is 0 Å². The fourth-order valence-electron chi connectivity index (χ4n) is 4.44. The molecule has 0 radical (unpaired) electrons. The molecule has 0 saturated heterocycles. The predicted molar refractivity (Wildman–Crippen MR) is 134 cm³/mol. The third-order valence-electron chi connectivity index (χ3n) is 6.09. The number of amides is 2. The number of carbonyl (C=O) groups is 2. The number of nitrogens with zero attached hydrogens (tertiary/aromatic N) is 2. The second-order valence-corrected chi connectivity index (χ2v) is 9.10. The zero-order chi connectivity index (χ0) is 23.8. The largest absolute Gasteiger partial charge is 0.497 e. The van der Waals surface area contributed by atoms with Crippen LogP contribution in [0.2, 0.25) is 0 Å². The van der Waals surface area contributed by atoms with Crippen LogP contribution < -0.4 is 15.4 Å². The van der Waals surface area contributed by atoms with E-state index in [-0.39, 0.29) is 18.2 Å². The normalized spacial score (nSPS) is 14.9. The number of hydrogen-bond acceptors (Lipinski definition) is 5. The van der Waals surface area contributed by atoms with E-state index < -0.39 is 5.92 Å². The van der Waals surface area contributed by atoms with Crippen molar-refractivity contribution in [3.05, 3.63) is 76.9 Å². The molecule has 1 atom stereocenters. The van der Waals surface area contributed by atoms with E-state index in [1.54, 1.807) is 7.11 Å². The number of para-hydroxylation sites is 1. The average Bonchev–Trinajstić information content (AvgIpc) is 3.41. The number of rotatable bonds is 5. The third kappa shape index (κ3) is 3.97. The van der Waals surface area contributed by atoms with E-state index in [1.807, 2.05) is 53.9 Å². The Morgan fingerprint density at radius 3 is 2.71 bits per heavy atom. The number of ether oxygens (including phenoxy) is 1. The van der Waals surface area contributed by atoms with E-state index in [0.717, 1.165) is 39.6 Å². The number of methoxy groups -OCH3 is 1. The molecule has 34 heavy (non-hydrogen) atoms. The Labute approximate surface area is 201 Å². The summed E-state index contributed by atoms with van der Waals surface area (Å²) in [6, 6.07) is 17.4. The maximum Gasteiger partial charge on any atom is 0.234 e. The van der Waals surface area contributed by atoms with E-state index in [9.17, 15) is 9.59 Å². The second-order valence-electron chi connectivity index (χ2n) is 8.24. The third-order valence-corrected chi connectivity index (χ3v) is 6.85. The lowest BCUT2D eigenvalue weighted by Gasteiger charge is -2.24. The predicted octanol–water partition coefficient (Wildman–Crippen LogP) is 5.29. The summed E-state index contributed by atoms with van der Waals surface area (Å²) in [6.45, 7) is 4.11. The van der Waals surface area contributed by atoms with Crippen LogP contribution in [0.5, 0.6) is 5.75 Å². The summed E-state index contributed by atoms with van der Waals surface area (Å²) < 4.78 is 7.44. The molecule has 2 N–H and O–H groups in total. The van der Waals surface area contributed by atoms with Gasteiger partial charge in [-0.1, -0.05) is 18.2 Å². The summed E-state index contributed by atoms with van der Waals surface area (Å²) in [5.41, 5.74) is 6.50. The summed E-state index contributed by atoms with van der Waals surface area (Å²) in [7, 11) is 1.65. The quantitative estimate of drug-likeness (QED) is 0.413. The van der Waals surface area contributed by atoms with Crippen molar-refractivity contribution in [2.45, 2.75) is 26.2 Å². The Hall–Kier alpha value is -3.91. The molecule has 0 fully saturated rings. The number of thiazole rings is 1. The molecule has 8 heteroatoms. The highest BCUT2D eigenvalue weighted by molar-refractivity contribution is 7.14. The number of benzene rings is 2. The van der Waals surface area contributed by atoms with Gasteiger partial charge in [0.15, 0.2) is 5.13 Å². The van der Waals surface area contributed by atoms with Crippen LogP contribution in [0.4, 0.5) is 10.8 Å². The van der Waals surface area contributed by atoms with Crippen molar-refractivity contribution < 1.29 is 14.3 Å². The summed E-state index contributed by atoms with van der Waals surface area (Å²) in [4.78, 5) is 29.8. The molecule has 1 unspecified atom stereocenters. The highest BCUT2D eigenvalue weighted by atomic mass is 32.1. The molecule has 1 aliphatic rings. The zero-order valence-electron chi connectivity index (χ0n) is 19.1. The summed E-state index contributed by atoms with van der Waals surface area (Å²) in [5, 5.41) is 8.20. The number of nitrogens with one attached hydrogen (secondary N) is 2. The smallest absolute Gasteiger partial charge is 0.234 e. The summed E-state index contributed by atoms with van der Waals surface area (Å²) in [5.74, 6) is -0.126. The minimum Gasteiger partial charge on any atom is -0.497 e. The van der Waals surface area contributed by atoms with E-state index in [4.69, 9.17) is 4.74 Å². The topological polar surface area (TPSA) is 85.2 Å². The van der Waals surface area contributed by atoms with Gasteiger partial charge in [0, 0.05) is 40.1 Å². The molecule has 7 nitrogen and oxygen atoms in total. The van der Waals surface area contributed by atoms with Crippen molar-refractivity contribution in [1.82, 2.24) is 9.55 Å². The Morgan fingerprint density at radius 2 is 1.94 bits per heavy atom. The Kier molecular flexibility index (Phi) is 5.67. The summed E-state index contributed by atoms with van der Waals surface area (Å²) in [6.07, 6.45) is 0.115. The molecular weight excluding hydrogens is 448 g/mol. The van der Waals surface area contributed by atoms with E-state index in [1.165, 1.54) is 11.3 Å². The molecule has 4 aromatic rings. The van der Waals surface area contributed by atoms with Gasteiger partial charge in [-0.2, -0.15) is 0 Å². The molecule has 2 aromatic heterocycles. The van der Waals surface area contributed by atoms with E-state index in [2.05, 4.69) is 40.1 Å². The van der Waals surface area contributed by atoms with Gasteiger partial charge < -0.3 is 19.9 Å². The van der Waals surface area contributed by atoms with Gasteiger partial charge in [0.1, 0.15) is 5.75 Å². The first-order valence-electron chi connectivity index (χ1n) is 10.9. The minimum absolute atomic E-state index is 0.115. The molecule has 2 aromatic carbocycles. The highest BCUT2D eigenvalue weighted by Gasteiger charge is 2.31. The maximum atomic E-state index is 13.0. The van der Waals surface area contributed by atoms with Crippen molar-refractivity contribution in [2.24, 2.45) is 0 Å². The fourth-order valence-corrected chi connectivity index (χ4v) is 5.16. The number of carbonyl (C=O) groups excluding carboxylic acids is 2. The Morgan fingerprint density at radius 1 is 1.18 bits per heavy atom. The molecular formula is C26H24N4O3S. The lowest BCUT2D eigenvalue weighted by Crippen LogP contribution is -2.30. The minimum atomic E-state index is -0.544. The number of anilines is 2. The molecule has 0 aliphatic carbocycles. The van der Waals surface area contributed by atoms with Crippen LogP contribution in [0.15, 0.2) is 60.0 Å². The molecule has 0 bridgehead atoms. The molecule has 1 aliphatic heterocycles. The lowest BCUT2D eigenvalue weighted by atomic mass is 9.90. The Bertz CT molecular complexity index is 1390. The van der Waals surface area contributed by atoms with Crippen LogP contribution >= 0.6 is 11.3 Å². The van der Waals surface area contributed by atoms with Crippen molar-refractivity contribution in [3.63, 3.8) is 0 Å². The van der Waals surface area contributed by atoms with Gasteiger partial charge >= 0.3 is 0 Å². The second kappa shape index (κ2) is 8.79. The molecule has 0 saturated carbocycles. The van der Waals surface area contributed by atoms with Crippen molar-refractivity contribution >= 4 is 34.0 Å². The molecule has 0 spiro atoms. The number of hydrogen-bond donors (Lipinski definition) is 2. The summed E-state index contributed by atoms with van der Waals surface area (Å²) >= 11 is 1.37. The van der Waals surface area contributed by atoms with Crippen LogP contribution in [-0.2, 0) is 9.59 Å². The highest BCUT2D eigenvalue weighted by Crippen LogP contribution is 2.35. The van der Waals surface area contributed by atoms with Gasteiger partial charge in [-0.25, -0.2) is 4.98 Å². The first kappa shape index (κ1) is 21.9. The molecule has 2 amide bonds. The first-order chi connectivity index (χ1) is 16.4. The van der Waals surface area contributed by atoms with Gasteiger partial charge in [-0.15, -0.1) is 11.3 Å². The molecule has 3 heterocycles. The van der Waals surface area contributed by atoms with Gasteiger partial charge in [-0.3, -0.25) is 9.59 Å². The van der Waals surface area contributed by atoms with Crippen LogP contribution in [0, 0.1) is 13.8 Å². The monoisotopic (exact) mass is 472 g/mol. The van der Waals surface area contributed by atoms with Crippen LogP contribution in [0.25, 0.3) is 16.9 Å². The lowest BCUT2D eigenvalue weighted by molar-refractivity contribution is -0.123. The van der Waals surface area contributed by atoms with E-state index >= 15 is 0 Å². The van der Waals surface area contributed by atoms with Gasteiger partial charge in [0.2, 0.25) is 11.8 Å². The van der Waals surface area contributed by atoms with Gasteiger partial charge in [-0.05, 0) is 55.8 Å². The number of aromatic nitrogens is 2. The standard InChI is InChI=1S/C26H24N4O3S/c1-15-12-20(16(2)30(15)17-8-10-18(33-3)11-9-17)23-14-34-26(28-23)29-25(32)21-13-24(31)27-22-7-5-4-6-19(21)22/h4-12,14,21H,13H2,1-3H3,(H,27,31)(H,28,29,32). The van der Waals surface area contributed by atoms with Crippen LogP contribution in [0.3, 0.4) is 0 Å². The van der Waals surface area contributed by atoms with Gasteiger partial charge in [0.25, 0.3) is 0 Å². The van der Waals surface area contributed by atoms with Crippen LogP contribution in [-0.4, -0.2) is 28.5 Å². The van der Waals surface area contributed by atoms with Crippen molar-refractivity contribution in [3.8, 4) is 22.7 Å². The van der Waals surface area contributed by atoms with Crippen molar-refractivity contribution in [2.75, 3.05) is 17.7 Å². The SMILES string of the molecule is COc1ccc(-n2c(C)cc(-c3csc(NC(=O)C4CC(=O)Nc5ccccc54)n3)c2C)cc1. The number of aryl methyl sites for hydroxylation is 1. The average molecular weight is 473 g/mol. The van der Waals surface area contributed by atoms with Gasteiger partial charge in [0.05, 0.1) is 18.7 Å². The number of fused-ring (bicyclic) bond motifs is 1. The van der Waals surface area contributed by atoms with E-state index in [0.29, 0.717) is 10.8 Å². The zero-order valence-corrected chi connectivity index (χ0v) is 19.9. The Balaban J connectivity index is 1.39. The first-order valence-corrected chi connectivity index (χ1v) is 11.8. The van der Waals surface area contributed by atoms with Crippen LogP contribution in [0.1, 0.15) is 29.3 Å². The fraction of sp³-hybridized carbons (Fsp3) is 0.192. The maximum absolute atomic E-state index is 13.0.